The molecule has 0 spiro atoms. The minimum absolute atomic E-state index is 0.798. The second kappa shape index (κ2) is 8.10. The van der Waals surface area contributed by atoms with Gasteiger partial charge in [-0.15, -0.1) is 0 Å². The van der Waals surface area contributed by atoms with Crippen LogP contribution in [0.5, 0.6) is 0 Å². The molecule has 2 heteroatoms. The molecule has 1 unspecified atom stereocenters. The Labute approximate surface area is 79.4 Å². The predicted octanol–water partition coefficient (Wildman–Crippen LogP) is 3.43. The molecule has 0 heterocycles. The molecule has 0 nitrogen and oxygen atoms in total. The maximum atomic E-state index is 3.66. The number of hydrogen-bond donors (Lipinski definition) is 0. The van der Waals surface area contributed by atoms with Crippen molar-refractivity contribution in [2.45, 2.75) is 48.6 Å². The van der Waals surface area contributed by atoms with E-state index in [4.69, 9.17) is 0 Å². The van der Waals surface area contributed by atoms with E-state index < -0.39 is 0 Å². The van der Waals surface area contributed by atoms with Gasteiger partial charge in [-0.2, -0.15) is 0 Å². The van der Waals surface area contributed by atoms with Crippen molar-refractivity contribution >= 4 is 30.9 Å². The topological polar surface area (TPSA) is 0 Å². The molecule has 1 atom stereocenters. The first kappa shape index (κ1) is 11.0. The van der Waals surface area contributed by atoms with E-state index in [9.17, 15) is 0 Å². The summed E-state index contributed by atoms with van der Waals surface area (Å²) in [6, 6.07) is 0. The Morgan fingerprint density at radius 3 is 2.50 bits per heavy atom. The third kappa shape index (κ3) is 7.11. The molecule has 0 aliphatic rings. The first-order valence-electron chi connectivity index (χ1n) is 3.98. The number of alkyl halides is 1. The van der Waals surface area contributed by atoms with Crippen LogP contribution in [0.2, 0.25) is 5.82 Å². The molecule has 0 aliphatic carbocycles. The summed E-state index contributed by atoms with van der Waals surface area (Å²) in [5, 5.41) is 0. The number of unbranched alkanes of at least 4 members (excludes halogenated alkanes) is 3. The van der Waals surface area contributed by atoms with Crippen LogP contribution in [0.4, 0.5) is 0 Å². The van der Waals surface area contributed by atoms with Crippen molar-refractivity contribution in [3.8, 4) is 0 Å². The Hall–Kier alpha value is 0.999. The molecule has 0 bridgehead atoms. The molecule has 0 radical (unpaired) electrons. The van der Waals surface area contributed by atoms with Crippen LogP contribution in [-0.2, 0) is 0 Å². The van der Waals surface area contributed by atoms with Gasteiger partial charge in [0.2, 0.25) is 0 Å². The van der Waals surface area contributed by atoms with E-state index in [1.807, 2.05) is 0 Å². The molecule has 0 saturated heterocycles. The van der Waals surface area contributed by atoms with Crippen LogP contribution in [0.15, 0.2) is 0 Å². The molecule has 0 N–H and O–H groups in total. The van der Waals surface area contributed by atoms with Crippen molar-refractivity contribution in [3.05, 3.63) is 0 Å². The van der Waals surface area contributed by atoms with Crippen LogP contribution in [0, 0.1) is 0 Å². The maximum absolute atomic E-state index is 3.66. The van der Waals surface area contributed by atoms with Crippen molar-refractivity contribution in [1.82, 2.24) is 0 Å². The Balaban J connectivity index is 2.89. The zero-order valence-electron chi connectivity index (χ0n) is 6.90. The van der Waals surface area contributed by atoms with Gasteiger partial charge in [0, 0.05) is 0 Å². The molecular weight excluding hydrogens is 255 g/mol. The summed E-state index contributed by atoms with van der Waals surface area (Å²) < 4.78 is 0.830. The van der Waals surface area contributed by atoms with Crippen molar-refractivity contribution in [2.24, 2.45) is 0 Å². The molecule has 10 heavy (non-hydrogen) atoms. The predicted molar refractivity (Wildman–Crippen MR) is 53.1 cm³/mol. The average molecular weight is 272 g/mol. The molecule has 0 fully saturated rings. The standard InChI is InChI=1S/C8H17BrSe/c1-3-4-5-6-7-8(9)10-2/h8H,3-7H2,1-2H3. The molecule has 0 saturated carbocycles. The Morgan fingerprint density at radius 2 is 2.00 bits per heavy atom. The fourth-order valence-electron chi connectivity index (χ4n) is 0.849. The first-order chi connectivity index (χ1) is 4.81. The molecular formula is C8H17BrSe. The Kier molecular flexibility index (Phi) is 8.91. The third-order valence-corrected chi connectivity index (χ3v) is 5.51. The SMILES string of the molecule is CCCCCCC(Br)[Se]C. The van der Waals surface area contributed by atoms with Gasteiger partial charge in [0.05, 0.1) is 0 Å². The second-order valence-electron chi connectivity index (χ2n) is 2.50. The van der Waals surface area contributed by atoms with Crippen molar-refractivity contribution in [1.29, 1.82) is 0 Å². The zero-order chi connectivity index (χ0) is 7.82. The third-order valence-electron chi connectivity index (χ3n) is 1.54. The fourth-order valence-corrected chi connectivity index (χ4v) is 2.02. The van der Waals surface area contributed by atoms with E-state index in [0.29, 0.717) is 0 Å². The van der Waals surface area contributed by atoms with Gasteiger partial charge < -0.3 is 0 Å². The molecule has 0 aliphatic heterocycles. The molecule has 0 aromatic carbocycles. The van der Waals surface area contributed by atoms with Crippen LogP contribution in [0.1, 0.15) is 39.0 Å². The molecule has 0 amide bonds. The molecule has 0 aromatic heterocycles. The molecule has 0 rings (SSSR count). The second-order valence-corrected chi connectivity index (χ2v) is 7.15. The van der Waals surface area contributed by atoms with E-state index in [2.05, 4.69) is 28.7 Å². The van der Waals surface area contributed by atoms with Gasteiger partial charge in [0.1, 0.15) is 0 Å². The van der Waals surface area contributed by atoms with E-state index in [0.717, 1.165) is 18.7 Å². The Morgan fingerprint density at radius 1 is 1.30 bits per heavy atom. The number of halogens is 1. The van der Waals surface area contributed by atoms with Crippen molar-refractivity contribution in [3.63, 3.8) is 0 Å². The average Bonchev–Trinajstić information content (AvgIpc) is 1.98. The summed E-state index contributed by atoms with van der Waals surface area (Å²) in [4.78, 5) is 0. The minimum atomic E-state index is 0.798. The number of hydrogen-bond acceptors (Lipinski definition) is 0. The normalized spacial score (nSPS) is 13.5. The van der Waals surface area contributed by atoms with Gasteiger partial charge in [-0.05, 0) is 0 Å². The van der Waals surface area contributed by atoms with Crippen molar-refractivity contribution < 1.29 is 0 Å². The molecule has 62 valence electrons. The van der Waals surface area contributed by atoms with Gasteiger partial charge in [-0.1, -0.05) is 0 Å². The van der Waals surface area contributed by atoms with Crippen LogP contribution < -0.4 is 0 Å². The van der Waals surface area contributed by atoms with Gasteiger partial charge >= 0.3 is 79.5 Å². The summed E-state index contributed by atoms with van der Waals surface area (Å²) in [5.74, 6) is 2.30. The van der Waals surface area contributed by atoms with Gasteiger partial charge in [0.15, 0.2) is 0 Å². The summed E-state index contributed by atoms with van der Waals surface area (Å²) in [6.45, 7) is 2.26. The van der Waals surface area contributed by atoms with E-state index in [1.54, 1.807) is 0 Å². The van der Waals surface area contributed by atoms with E-state index in [1.165, 1.54) is 32.1 Å². The van der Waals surface area contributed by atoms with Gasteiger partial charge in [0.25, 0.3) is 0 Å². The zero-order valence-corrected chi connectivity index (χ0v) is 10.2. The Bertz CT molecular complexity index is 66.3. The van der Waals surface area contributed by atoms with Crippen molar-refractivity contribution in [2.75, 3.05) is 0 Å². The van der Waals surface area contributed by atoms with E-state index in [-0.39, 0.29) is 0 Å². The van der Waals surface area contributed by atoms with Gasteiger partial charge in [-0.25, -0.2) is 0 Å². The summed E-state index contributed by atoms with van der Waals surface area (Å²) in [5.41, 5.74) is 0. The summed E-state index contributed by atoms with van der Waals surface area (Å²) in [6.07, 6.45) is 6.99. The monoisotopic (exact) mass is 272 g/mol. The van der Waals surface area contributed by atoms with Crippen LogP contribution in [-0.4, -0.2) is 18.7 Å². The summed E-state index contributed by atoms with van der Waals surface area (Å²) >= 11 is 4.45. The number of rotatable bonds is 6. The van der Waals surface area contributed by atoms with Crippen LogP contribution in [0.25, 0.3) is 0 Å². The van der Waals surface area contributed by atoms with Crippen LogP contribution in [0.3, 0.4) is 0 Å². The van der Waals surface area contributed by atoms with Crippen LogP contribution >= 0.6 is 15.9 Å². The quantitative estimate of drug-likeness (QED) is 0.395. The van der Waals surface area contributed by atoms with Gasteiger partial charge in [-0.3, -0.25) is 0 Å². The van der Waals surface area contributed by atoms with E-state index >= 15 is 0 Å². The molecule has 0 aromatic rings. The summed E-state index contributed by atoms with van der Waals surface area (Å²) in [7, 11) is 0. The first-order valence-corrected chi connectivity index (χ1v) is 7.60. The fraction of sp³-hybridized carbons (Fsp3) is 1.00.